The minimum absolute atomic E-state index is 0.109. The van der Waals surface area contributed by atoms with Crippen LogP contribution in [0.15, 0.2) is 10.6 Å². The maximum absolute atomic E-state index is 12.5. The molecule has 0 atom stereocenters. The van der Waals surface area contributed by atoms with E-state index in [0.717, 1.165) is 25.8 Å². The first-order chi connectivity index (χ1) is 12.1. The van der Waals surface area contributed by atoms with E-state index in [1.807, 2.05) is 4.90 Å². The van der Waals surface area contributed by atoms with Crippen LogP contribution in [0.5, 0.6) is 5.88 Å². The number of aromatic nitrogens is 1. The van der Waals surface area contributed by atoms with Crippen LogP contribution < -0.4 is 4.74 Å². The van der Waals surface area contributed by atoms with E-state index in [1.54, 1.807) is 12.0 Å². The minimum atomic E-state index is -0.159. The molecule has 0 saturated carbocycles. The van der Waals surface area contributed by atoms with Gasteiger partial charge in [-0.25, -0.2) is 0 Å². The molecule has 0 radical (unpaired) electrons. The van der Waals surface area contributed by atoms with Crippen molar-refractivity contribution >= 4 is 11.8 Å². The number of amides is 2. The van der Waals surface area contributed by atoms with Gasteiger partial charge in [0.15, 0.2) is 0 Å². The summed E-state index contributed by atoms with van der Waals surface area (Å²) in [5.74, 6) is 0.550. The predicted octanol–water partition coefficient (Wildman–Crippen LogP) is 1.17. The van der Waals surface area contributed by atoms with Crippen LogP contribution in [0.1, 0.15) is 36.2 Å². The van der Waals surface area contributed by atoms with Crippen molar-refractivity contribution in [3.8, 4) is 5.88 Å². The summed E-state index contributed by atoms with van der Waals surface area (Å²) in [5, 5.41) is 3.68. The Morgan fingerprint density at radius 1 is 1.32 bits per heavy atom. The van der Waals surface area contributed by atoms with Gasteiger partial charge in [0.05, 0.1) is 19.8 Å². The highest BCUT2D eigenvalue weighted by Gasteiger charge is 2.42. The van der Waals surface area contributed by atoms with E-state index in [4.69, 9.17) is 14.0 Å². The van der Waals surface area contributed by atoms with Gasteiger partial charge in [-0.15, -0.1) is 0 Å². The van der Waals surface area contributed by atoms with E-state index in [1.165, 1.54) is 13.2 Å². The molecule has 3 heterocycles. The van der Waals surface area contributed by atoms with Crippen LogP contribution in [0.25, 0.3) is 0 Å². The van der Waals surface area contributed by atoms with E-state index in [9.17, 15) is 9.59 Å². The monoisotopic (exact) mass is 351 g/mol. The van der Waals surface area contributed by atoms with Gasteiger partial charge in [-0.3, -0.25) is 9.59 Å². The number of carbonyl (C=O) groups excluding carboxylic acids is 2. The summed E-state index contributed by atoms with van der Waals surface area (Å²) >= 11 is 0. The molecule has 1 spiro atoms. The van der Waals surface area contributed by atoms with Gasteiger partial charge < -0.3 is 23.8 Å². The highest BCUT2D eigenvalue weighted by Crippen LogP contribution is 2.40. The average molecular weight is 351 g/mol. The Kier molecular flexibility index (Phi) is 5.27. The molecule has 1 aromatic heterocycles. The van der Waals surface area contributed by atoms with Crippen molar-refractivity contribution in [2.75, 3.05) is 47.0 Å². The molecular formula is C17H25N3O5. The van der Waals surface area contributed by atoms with E-state index < -0.39 is 0 Å². The van der Waals surface area contributed by atoms with Gasteiger partial charge in [0, 0.05) is 39.7 Å². The van der Waals surface area contributed by atoms with Crippen molar-refractivity contribution in [2.24, 2.45) is 5.41 Å². The maximum atomic E-state index is 12.5. The standard InChI is InChI=1S/C17H25N3O5/c1-23-10-9-20-12-17(4-3-15(20)21)5-7-19(8-6-17)16(22)13-11-14(24-2)18-25-13/h11H,3-10,12H2,1-2H3. The van der Waals surface area contributed by atoms with Crippen molar-refractivity contribution < 1.29 is 23.6 Å². The minimum Gasteiger partial charge on any atom is -0.479 e. The first kappa shape index (κ1) is 17.7. The number of hydrogen-bond donors (Lipinski definition) is 0. The number of hydrogen-bond acceptors (Lipinski definition) is 6. The first-order valence-electron chi connectivity index (χ1n) is 8.64. The molecule has 0 aliphatic carbocycles. The molecule has 8 nitrogen and oxygen atoms in total. The zero-order valence-electron chi connectivity index (χ0n) is 14.8. The Morgan fingerprint density at radius 3 is 2.72 bits per heavy atom. The fourth-order valence-corrected chi connectivity index (χ4v) is 3.71. The summed E-state index contributed by atoms with van der Waals surface area (Å²) in [4.78, 5) is 28.3. The highest BCUT2D eigenvalue weighted by atomic mass is 16.5. The zero-order valence-corrected chi connectivity index (χ0v) is 14.8. The van der Waals surface area contributed by atoms with E-state index >= 15 is 0 Å². The van der Waals surface area contributed by atoms with Gasteiger partial charge in [-0.2, -0.15) is 0 Å². The number of piperidine rings is 2. The lowest BCUT2D eigenvalue weighted by Gasteiger charge is -2.47. The molecule has 8 heteroatoms. The summed E-state index contributed by atoms with van der Waals surface area (Å²) in [6, 6.07) is 1.51. The predicted molar refractivity (Wildman–Crippen MR) is 88.3 cm³/mol. The molecule has 0 aromatic carbocycles. The van der Waals surface area contributed by atoms with E-state index in [0.29, 0.717) is 38.5 Å². The lowest BCUT2D eigenvalue weighted by Crippen LogP contribution is -2.52. The summed E-state index contributed by atoms with van der Waals surface area (Å²) in [6.07, 6.45) is 3.26. The Labute approximate surface area is 147 Å². The molecule has 2 fully saturated rings. The summed E-state index contributed by atoms with van der Waals surface area (Å²) in [5.41, 5.74) is 0.109. The topological polar surface area (TPSA) is 85.1 Å². The summed E-state index contributed by atoms with van der Waals surface area (Å²) < 4.78 is 15.1. The lowest BCUT2D eigenvalue weighted by molar-refractivity contribution is -0.139. The molecular weight excluding hydrogens is 326 g/mol. The van der Waals surface area contributed by atoms with E-state index in [-0.39, 0.29) is 23.0 Å². The molecule has 0 unspecified atom stereocenters. The second-order valence-electron chi connectivity index (χ2n) is 6.83. The highest BCUT2D eigenvalue weighted by molar-refractivity contribution is 5.91. The smallest absolute Gasteiger partial charge is 0.292 e. The second kappa shape index (κ2) is 7.43. The van der Waals surface area contributed by atoms with E-state index in [2.05, 4.69) is 5.16 Å². The van der Waals surface area contributed by atoms with Gasteiger partial charge in [0.1, 0.15) is 0 Å². The number of nitrogens with zero attached hydrogens (tertiary/aromatic N) is 3. The number of rotatable bonds is 5. The molecule has 138 valence electrons. The van der Waals surface area contributed by atoms with Crippen LogP contribution in [-0.4, -0.2) is 73.8 Å². The Bertz CT molecular complexity index is 622. The SMILES string of the molecule is COCCN1CC2(CCC1=O)CCN(C(=O)c1cc(OC)no1)CC2. The Hall–Kier alpha value is -2.09. The van der Waals surface area contributed by atoms with Crippen LogP contribution in [0.2, 0.25) is 0 Å². The van der Waals surface area contributed by atoms with Crippen molar-refractivity contribution in [3.63, 3.8) is 0 Å². The van der Waals surface area contributed by atoms with Gasteiger partial charge in [0.2, 0.25) is 11.7 Å². The Morgan fingerprint density at radius 2 is 2.08 bits per heavy atom. The van der Waals surface area contributed by atoms with Gasteiger partial charge in [0.25, 0.3) is 11.8 Å². The van der Waals surface area contributed by atoms with Gasteiger partial charge in [-0.1, -0.05) is 0 Å². The molecule has 25 heavy (non-hydrogen) atoms. The lowest BCUT2D eigenvalue weighted by atomic mass is 9.72. The van der Waals surface area contributed by atoms with Gasteiger partial charge >= 0.3 is 0 Å². The summed E-state index contributed by atoms with van der Waals surface area (Å²) in [6.45, 7) is 3.27. The Balaban J connectivity index is 1.59. The van der Waals surface area contributed by atoms with Crippen molar-refractivity contribution in [2.45, 2.75) is 25.7 Å². The van der Waals surface area contributed by atoms with Crippen molar-refractivity contribution in [3.05, 3.63) is 11.8 Å². The number of methoxy groups -OCH3 is 2. The normalized spacial score (nSPS) is 20.2. The molecule has 2 aliphatic rings. The van der Waals surface area contributed by atoms with Crippen LogP contribution in [0.3, 0.4) is 0 Å². The molecule has 2 amide bonds. The van der Waals surface area contributed by atoms with Crippen LogP contribution in [0.4, 0.5) is 0 Å². The third kappa shape index (κ3) is 3.78. The zero-order chi connectivity index (χ0) is 17.9. The first-order valence-corrected chi connectivity index (χ1v) is 8.64. The number of ether oxygens (including phenoxy) is 2. The summed E-state index contributed by atoms with van der Waals surface area (Å²) in [7, 11) is 3.13. The number of carbonyl (C=O) groups is 2. The molecule has 3 rings (SSSR count). The fourth-order valence-electron chi connectivity index (χ4n) is 3.71. The molecule has 0 bridgehead atoms. The average Bonchev–Trinajstić information content (AvgIpc) is 3.12. The molecule has 2 saturated heterocycles. The maximum Gasteiger partial charge on any atom is 0.292 e. The number of likely N-dealkylation sites (tertiary alicyclic amines) is 2. The van der Waals surface area contributed by atoms with Crippen LogP contribution in [0, 0.1) is 5.41 Å². The van der Waals surface area contributed by atoms with Crippen LogP contribution in [-0.2, 0) is 9.53 Å². The molecule has 1 aromatic rings. The van der Waals surface area contributed by atoms with Crippen molar-refractivity contribution in [1.82, 2.24) is 15.0 Å². The second-order valence-corrected chi connectivity index (χ2v) is 6.83. The molecule has 2 aliphatic heterocycles. The fraction of sp³-hybridized carbons (Fsp3) is 0.706. The van der Waals surface area contributed by atoms with Crippen molar-refractivity contribution in [1.29, 1.82) is 0 Å². The molecule has 0 N–H and O–H groups in total. The third-order valence-electron chi connectivity index (χ3n) is 5.33. The van der Waals surface area contributed by atoms with Crippen LogP contribution >= 0.6 is 0 Å². The van der Waals surface area contributed by atoms with Gasteiger partial charge in [-0.05, 0) is 29.8 Å². The quantitative estimate of drug-likeness (QED) is 0.792. The largest absolute Gasteiger partial charge is 0.479 e. The third-order valence-corrected chi connectivity index (χ3v) is 5.33.